The van der Waals surface area contributed by atoms with Crippen LogP contribution in [0.25, 0.3) is 0 Å². The number of anilines is 1. The van der Waals surface area contributed by atoms with E-state index in [0.29, 0.717) is 0 Å². The third-order valence-electron chi connectivity index (χ3n) is 2.89. The molecule has 0 saturated carbocycles. The van der Waals surface area contributed by atoms with Crippen LogP contribution in [0.1, 0.15) is 31.6 Å². The number of carbonyl (C=O) groups is 1. The van der Waals surface area contributed by atoms with E-state index in [1.165, 1.54) is 6.92 Å². The fourth-order valence-corrected chi connectivity index (χ4v) is 3.43. The Labute approximate surface area is 146 Å². The third-order valence-corrected chi connectivity index (χ3v) is 4.66. The minimum Gasteiger partial charge on any atom is -0.463 e. The first kappa shape index (κ1) is 11.9. The second-order valence-electron chi connectivity index (χ2n) is 4.48. The van der Waals surface area contributed by atoms with Crippen LogP contribution in [0.2, 0.25) is 6.43 Å². The SMILES string of the molecule is [2H]C1=C(C(=O)OCC)[C@]([2H])(S(=O)(=O)N([2H])c2ccc(F)cc2Cl)CCC1([2H])[2H]. The first-order valence-electron chi connectivity index (χ1n) is 9.12. The van der Waals surface area contributed by atoms with Crippen molar-refractivity contribution in [1.82, 2.24) is 0 Å². The lowest BCUT2D eigenvalue weighted by molar-refractivity contribution is -0.138. The number of esters is 1. The zero-order chi connectivity index (χ0) is 21.5. The Bertz CT molecular complexity index is 942. The Morgan fingerprint density at radius 1 is 1.70 bits per heavy atom. The lowest BCUT2D eigenvalue weighted by Gasteiger charge is -2.24. The maximum atomic E-state index is 13.2. The molecular weight excluding hydrogens is 345 g/mol. The van der Waals surface area contributed by atoms with Crippen LogP contribution in [0.4, 0.5) is 10.1 Å². The van der Waals surface area contributed by atoms with E-state index in [1.54, 1.807) is 0 Å². The number of benzene rings is 1. The maximum Gasteiger partial charge on any atom is 0.335 e. The van der Waals surface area contributed by atoms with Crippen LogP contribution in [-0.4, -0.2) is 26.2 Å². The summed E-state index contributed by atoms with van der Waals surface area (Å²) in [6.07, 6.45) is -3.59. The highest BCUT2D eigenvalue weighted by Gasteiger charge is 2.35. The van der Waals surface area contributed by atoms with Gasteiger partial charge in [0.15, 0.2) is 1.41 Å². The van der Waals surface area contributed by atoms with E-state index in [1.807, 2.05) is 0 Å². The molecule has 0 aromatic heterocycles. The molecule has 0 heterocycles. The molecule has 0 aliphatic heterocycles. The van der Waals surface area contributed by atoms with Gasteiger partial charge in [0.05, 0.1) is 25.6 Å². The Balaban J connectivity index is 2.67. The predicted octanol–water partition coefficient (Wildman–Crippen LogP) is 3.26. The van der Waals surface area contributed by atoms with Crippen LogP contribution in [0.3, 0.4) is 0 Å². The first-order chi connectivity index (χ1) is 12.8. The van der Waals surface area contributed by atoms with Crippen molar-refractivity contribution >= 4 is 33.3 Å². The summed E-state index contributed by atoms with van der Waals surface area (Å²) in [6.45, 7) is 1.23. The monoisotopic (exact) mass is 366 g/mol. The number of nitrogens with one attached hydrogen (secondary N) is 1. The standard InChI is InChI=1S/C15H17ClFNO4S/c1-2-22-15(19)11-5-3-4-6-14(11)23(20,21)18-13-8-7-10(17)9-12(13)16/h5,7-9,14,18H,2-4,6H2,1H3/t14-/m1/s1/i3D2,5D,14D/hD. The minimum absolute atomic E-state index is 0.116. The predicted molar refractivity (Wildman–Crippen MR) is 86.3 cm³/mol. The number of sulfonamides is 1. The van der Waals surface area contributed by atoms with Crippen LogP contribution >= 0.6 is 11.6 Å². The van der Waals surface area contributed by atoms with Gasteiger partial charge >= 0.3 is 5.97 Å². The van der Waals surface area contributed by atoms with Gasteiger partial charge in [0.25, 0.3) is 0 Å². The lowest BCUT2D eigenvalue weighted by Crippen LogP contribution is -2.34. The summed E-state index contributed by atoms with van der Waals surface area (Å²) in [4.78, 5) is 12.3. The van der Waals surface area contributed by atoms with E-state index in [4.69, 9.17) is 23.2 Å². The molecule has 1 N–H and O–H groups in total. The van der Waals surface area contributed by atoms with Crippen molar-refractivity contribution in [3.8, 4) is 0 Å². The number of ether oxygens (including phenoxy) is 1. The normalized spacial score (nSPS) is 27.2. The summed E-state index contributed by atoms with van der Waals surface area (Å²) < 4.78 is 84.0. The Hall–Kier alpha value is -1.60. The smallest absolute Gasteiger partial charge is 0.335 e. The highest BCUT2D eigenvalue weighted by Crippen LogP contribution is 2.30. The topological polar surface area (TPSA) is 72.5 Å². The van der Waals surface area contributed by atoms with Crippen LogP contribution in [0.15, 0.2) is 29.8 Å². The fourth-order valence-electron chi connectivity index (χ4n) is 1.89. The summed E-state index contributed by atoms with van der Waals surface area (Å²) in [5.41, 5.74) is -1.46. The maximum absolute atomic E-state index is 13.2. The largest absolute Gasteiger partial charge is 0.463 e. The summed E-state index contributed by atoms with van der Waals surface area (Å²) in [7, 11) is -5.03. The molecule has 0 spiro atoms. The fraction of sp³-hybridized carbons (Fsp3) is 0.400. The lowest BCUT2D eigenvalue weighted by atomic mass is 9.99. The molecule has 5 nitrogen and oxygen atoms in total. The molecule has 0 bridgehead atoms. The molecule has 23 heavy (non-hydrogen) atoms. The summed E-state index contributed by atoms with van der Waals surface area (Å²) in [5.74, 6) is -2.10. The number of hydrogen-bond acceptors (Lipinski definition) is 4. The van der Waals surface area contributed by atoms with Gasteiger partial charge in [-0.25, -0.2) is 17.6 Å². The molecule has 1 atom stereocenters. The average molecular weight is 367 g/mol. The van der Waals surface area contributed by atoms with Crippen molar-refractivity contribution in [2.45, 2.75) is 31.4 Å². The highest BCUT2D eigenvalue weighted by atomic mass is 35.5. The molecule has 1 aliphatic rings. The quantitative estimate of drug-likeness (QED) is 0.812. The van der Waals surface area contributed by atoms with Gasteiger partial charge < -0.3 is 4.74 Å². The summed E-state index contributed by atoms with van der Waals surface area (Å²) >= 11 is 5.81. The van der Waals surface area contributed by atoms with Gasteiger partial charge in [-0.05, 0) is 44.3 Å². The van der Waals surface area contributed by atoms with Gasteiger partial charge in [0, 0.05) is 2.74 Å². The van der Waals surface area contributed by atoms with Crippen LogP contribution in [-0.2, 0) is 19.6 Å². The van der Waals surface area contributed by atoms with Crippen molar-refractivity contribution in [1.29, 1.82) is 0 Å². The number of hydrogen-bond donors (Lipinski definition) is 1. The first-order valence-corrected chi connectivity index (χ1v) is 8.49. The Kier molecular flexibility index (Phi) is 3.77. The average Bonchev–Trinajstić information content (AvgIpc) is 2.58. The second-order valence-corrected chi connectivity index (χ2v) is 6.52. The van der Waals surface area contributed by atoms with Crippen molar-refractivity contribution in [2.75, 3.05) is 11.3 Å². The van der Waals surface area contributed by atoms with E-state index in [9.17, 15) is 17.6 Å². The Morgan fingerprint density at radius 3 is 3.09 bits per heavy atom. The third kappa shape index (κ3) is 4.23. The van der Waals surface area contributed by atoms with Crippen molar-refractivity contribution in [3.05, 3.63) is 40.7 Å². The van der Waals surface area contributed by atoms with E-state index in [0.717, 1.165) is 18.2 Å². The summed E-state index contributed by atoms with van der Waals surface area (Å²) in [5, 5.41) is -3.28. The molecule has 0 saturated heterocycles. The molecular formula is C15H17ClFNO4S. The number of carbonyl (C=O) groups excluding carboxylic acids is 1. The van der Waals surface area contributed by atoms with Crippen LogP contribution in [0, 0.1) is 5.82 Å². The van der Waals surface area contributed by atoms with Crippen LogP contribution < -0.4 is 4.72 Å². The van der Waals surface area contributed by atoms with Crippen molar-refractivity contribution in [2.24, 2.45) is 0 Å². The van der Waals surface area contributed by atoms with E-state index in [2.05, 4.69) is 0 Å². The molecule has 1 aromatic carbocycles. The van der Waals surface area contributed by atoms with Gasteiger partial charge in [0.2, 0.25) is 10.0 Å². The molecule has 0 radical (unpaired) electrons. The molecule has 1 aromatic rings. The summed E-state index contributed by atoms with van der Waals surface area (Å²) in [6, 6.07) is 1.58. The zero-order valence-corrected chi connectivity index (χ0v) is 13.7. The van der Waals surface area contributed by atoms with Gasteiger partial charge in [-0.1, -0.05) is 17.7 Å². The number of halogens is 2. The second kappa shape index (κ2) is 7.31. The molecule has 2 rings (SSSR count). The minimum atomic E-state index is -5.03. The molecule has 1 aliphatic carbocycles. The van der Waals surface area contributed by atoms with Gasteiger partial charge in [-0.3, -0.25) is 4.72 Å². The van der Waals surface area contributed by atoms with Crippen LogP contribution in [0.5, 0.6) is 0 Å². The van der Waals surface area contributed by atoms with E-state index < -0.39 is 68.6 Å². The number of rotatable bonds is 5. The number of allylic oxidation sites excluding steroid dienone is 1. The molecule has 0 unspecified atom stereocenters. The van der Waals surface area contributed by atoms with E-state index in [-0.39, 0.29) is 11.3 Å². The molecule has 126 valence electrons. The van der Waals surface area contributed by atoms with Gasteiger partial charge in [0.1, 0.15) is 11.0 Å². The van der Waals surface area contributed by atoms with Crippen molar-refractivity contribution in [3.63, 3.8) is 0 Å². The molecule has 0 amide bonds. The van der Waals surface area contributed by atoms with Crippen molar-refractivity contribution < 1.29 is 29.2 Å². The molecule has 8 heteroatoms. The zero-order valence-electron chi connectivity index (χ0n) is 17.1. The highest BCUT2D eigenvalue weighted by molar-refractivity contribution is 7.93. The molecule has 0 fully saturated rings. The van der Waals surface area contributed by atoms with Gasteiger partial charge in [-0.15, -0.1) is 0 Å². The van der Waals surface area contributed by atoms with Gasteiger partial charge in [-0.2, -0.15) is 0 Å². The van der Waals surface area contributed by atoms with E-state index >= 15 is 0 Å². The Morgan fingerprint density at radius 2 is 2.43 bits per heavy atom.